The summed E-state index contributed by atoms with van der Waals surface area (Å²) in [6, 6.07) is 9.34. The number of carbonyl (C=O) groups is 2. The molecule has 134 valence electrons. The lowest BCUT2D eigenvalue weighted by atomic mass is 10.0. The molecular weight excluding hydrogens is 316 g/mol. The second-order valence-electron chi connectivity index (χ2n) is 6.54. The van der Waals surface area contributed by atoms with Gasteiger partial charge >= 0.3 is 0 Å². The summed E-state index contributed by atoms with van der Waals surface area (Å²) in [7, 11) is 0. The van der Waals surface area contributed by atoms with Gasteiger partial charge in [0.1, 0.15) is 6.04 Å². The third kappa shape index (κ3) is 4.47. The molecule has 0 saturated heterocycles. The summed E-state index contributed by atoms with van der Waals surface area (Å²) in [6.45, 7) is 9.53. The van der Waals surface area contributed by atoms with E-state index in [0.717, 1.165) is 22.6 Å². The highest BCUT2D eigenvalue weighted by atomic mass is 16.2. The highest BCUT2D eigenvalue weighted by Crippen LogP contribution is 2.17. The quantitative estimate of drug-likeness (QED) is 0.845. The number of amides is 2. The Kier molecular flexibility index (Phi) is 5.96. The number of para-hydroxylation sites is 1. The van der Waals surface area contributed by atoms with Crippen LogP contribution < -0.4 is 10.6 Å². The van der Waals surface area contributed by atoms with Gasteiger partial charge in [-0.1, -0.05) is 32.0 Å². The molecule has 2 aromatic rings. The Hall–Kier alpha value is -2.63. The zero-order valence-corrected chi connectivity index (χ0v) is 15.5. The van der Waals surface area contributed by atoms with Crippen LogP contribution in [0.3, 0.4) is 0 Å². The summed E-state index contributed by atoms with van der Waals surface area (Å²) in [5, 5.41) is 10.2. The molecule has 1 aromatic heterocycles. The van der Waals surface area contributed by atoms with Gasteiger partial charge in [-0.15, -0.1) is 0 Å². The number of hydrogen-bond acceptors (Lipinski definition) is 3. The van der Waals surface area contributed by atoms with Gasteiger partial charge in [0.05, 0.1) is 11.4 Å². The summed E-state index contributed by atoms with van der Waals surface area (Å²) in [4.78, 5) is 23.7. The number of aryl methyl sites for hydroxylation is 1. The minimum Gasteiger partial charge on any atom is -0.350 e. The van der Waals surface area contributed by atoms with E-state index in [9.17, 15) is 9.59 Å². The molecule has 1 heterocycles. The average molecular weight is 342 g/mol. The predicted molar refractivity (Wildman–Crippen MR) is 97.3 cm³/mol. The second kappa shape index (κ2) is 7.96. The number of benzene rings is 1. The van der Waals surface area contributed by atoms with Crippen LogP contribution in [0.25, 0.3) is 5.69 Å². The van der Waals surface area contributed by atoms with E-state index in [1.165, 1.54) is 6.92 Å². The van der Waals surface area contributed by atoms with Crippen LogP contribution in [-0.4, -0.2) is 27.6 Å². The minimum atomic E-state index is -0.540. The van der Waals surface area contributed by atoms with Crippen molar-refractivity contribution in [3.8, 4) is 5.69 Å². The van der Waals surface area contributed by atoms with Gasteiger partial charge in [0, 0.05) is 24.7 Å². The molecule has 0 aliphatic rings. The van der Waals surface area contributed by atoms with Crippen LogP contribution in [0.2, 0.25) is 0 Å². The maximum absolute atomic E-state index is 12.4. The molecule has 0 aliphatic carbocycles. The number of rotatable bonds is 6. The van der Waals surface area contributed by atoms with Crippen LogP contribution in [0, 0.1) is 19.8 Å². The van der Waals surface area contributed by atoms with Gasteiger partial charge in [-0.25, -0.2) is 4.68 Å². The van der Waals surface area contributed by atoms with Crippen molar-refractivity contribution in [3.63, 3.8) is 0 Å². The van der Waals surface area contributed by atoms with Crippen molar-refractivity contribution >= 4 is 11.8 Å². The number of carbonyl (C=O) groups excluding carboxylic acids is 2. The summed E-state index contributed by atoms with van der Waals surface area (Å²) < 4.78 is 1.88. The predicted octanol–water partition coefficient (Wildman–Crippen LogP) is 2.27. The van der Waals surface area contributed by atoms with Gasteiger partial charge in [0.2, 0.25) is 11.8 Å². The molecule has 6 nitrogen and oxygen atoms in total. The molecule has 2 N–H and O–H groups in total. The number of aromatic nitrogens is 2. The maximum Gasteiger partial charge on any atom is 0.243 e. The molecule has 0 bridgehead atoms. The van der Waals surface area contributed by atoms with Gasteiger partial charge in [0.25, 0.3) is 0 Å². The molecule has 2 rings (SSSR count). The van der Waals surface area contributed by atoms with Crippen LogP contribution >= 0.6 is 0 Å². The monoisotopic (exact) mass is 342 g/mol. The molecule has 2 amide bonds. The van der Waals surface area contributed by atoms with E-state index in [1.807, 2.05) is 62.7 Å². The Morgan fingerprint density at radius 1 is 1.16 bits per heavy atom. The molecule has 0 aliphatic heterocycles. The van der Waals surface area contributed by atoms with Crippen molar-refractivity contribution in [2.24, 2.45) is 5.92 Å². The zero-order valence-electron chi connectivity index (χ0n) is 15.5. The van der Waals surface area contributed by atoms with Crippen molar-refractivity contribution in [3.05, 3.63) is 47.3 Å². The van der Waals surface area contributed by atoms with Crippen molar-refractivity contribution in [1.29, 1.82) is 0 Å². The summed E-state index contributed by atoms with van der Waals surface area (Å²) in [5.74, 6) is -0.382. The van der Waals surface area contributed by atoms with E-state index in [0.29, 0.717) is 6.54 Å². The highest BCUT2D eigenvalue weighted by molar-refractivity contribution is 5.87. The van der Waals surface area contributed by atoms with E-state index in [2.05, 4.69) is 15.7 Å². The third-order valence-corrected chi connectivity index (χ3v) is 4.19. The van der Waals surface area contributed by atoms with Crippen LogP contribution in [-0.2, 0) is 16.1 Å². The highest BCUT2D eigenvalue weighted by Gasteiger charge is 2.23. The van der Waals surface area contributed by atoms with E-state index in [4.69, 9.17) is 0 Å². The smallest absolute Gasteiger partial charge is 0.243 e. The number of nitrogens with zero attached hydrogens (tertiary/aromatic N) is 2. The molecule has 0 spiro atoms. The van der Waals surface area contributed by atoms with Gasteiger partial charge in [0.15, 0.2) is 0 Å². The molecular formula is C19H26N4O2. The van der Waals surface area contributed by atoms with Crippen LogP contribution in [0.1, 0.15) is 37.7 Å². The molecule has 1 atom stereocenters. The summed E-state index contributed by atoms with van der Waals surface area (Å²) in [5.41, 5.74) is 3.84. The molecule has 6 heteroatoms. The second-order valence-corrected chi connectivity index (χ2v) is 6.54. The largest absolute Gasteiger partial charge is 0.350 e. The lowest BCUT2D eigenvalue weighted by Gasteiger charge is -2.21. The minimum absolute atomic E-state index is 0.0122. The fraction of sp³-hybridized carbons (Fsp3) is 0.421. The molecule has 1 aromatic carbocycles. The first-order valence-electron chi connectivity index (χ1n) is 8.46. The van der Waals surface area contributed by atoms with E-state index >= 15 is 0 Å². The molecule has 0 saturated carbocycles. The van der Waals surface area contributed by atoms with Crippen LogP contribution in [0.15, 0.2) is 30.3 Å². The Morgan fingerprint density at radius 3 is 2.36 bits per heavy atom. The molecule has 25 heavy (non-hydrogen) atoms. The fourth-order valence-corrected chi connectivity index (χ4v) is 2.79. The van der Waals surface area contributed by atoms with Crippen molar-refractivity contribution in [1.82, 2.24) is 20.4 Å². The summed E-state index contributed by atoms with van der Waals surface area (Å²) >= 11 is 0. The van der Waals surface area contributed by atoms with Gasteiger partial charge in [-0.3, -0.25) is 9.59 Å². The number of hydrogen-bond donors (Lipinski definition) is 2. The van der Waals surface area contributed by atoms with Crippen molar-refractivity contribution in [2.45, 2.75) is 47.2 Å². The van der Waals surface area contributed by atoms with E-state index in [-0.39, 0.29) is 17.7 Å². The van der Waals surface area contributed by atoms with Crippen LogP contribution in [0.4, 0.5) is 0 Å². The Bertz CT molecular complexity index is 750. The van der Waals surface area contributed by atoms with Crippen molar-refractivity contribution < 1.29 is 9.59 Å². The fourth-order valence-electron chi connectivity index (χ4n) is 2.79. The standard InChI is InChI=1S/C19H26N4O2/c1-12(2)18(21-15(5)24)19(25)20-11-17-13(3)22-23(14(17)4)16-9-7-6-8-10-16/h6-10,12,18H,11H2,1-5H3,(H,20,25)(H,21,24). The number of nitrogens with one attached hydrogen (secondary N) is 2. The van der Waals surface area contributed by atoms with Gasteiger partial charge in [-0.2, -0.15) is 5.10 Å². The van der Waals surface area contributed by atoms with Gasteiger partial charge < -0.3 is 10.6 Å². The Balaban J connectivity index is 2.14. The van der Waals surface area contributed by atoms with Gasteiger partial charge in [-0.05, 0) is 31.9 Å². The first-order valence-corrected chi connectivity index (χ1v) is 8.46. The third-order valence-electron chi connectivity index (χ3n) is 4.19. The van der Waals surface area contributed by atoms with Crippen LogP contribution in [0.5, 0.6) is 0 Å². The molecule has 0 radical (unpaired) electrons. The SMILES string of the molecule is CC(=O)NC(C(=O)NCc1c(C)nn(-c2ccccc2)c1C)C(C)C. The van der Waals surface area contributed by atoms with E-state index < -0.39 is 6.04 Å². The average Bonchev–Trinajstić information content (AvgIpc) is 2.85. The van der Waals surface area contributed by atoms with E-state index in [1.54, 1.807) is 0 Å². The van der Waals surface area contributed by atoms with Crippen molar-refractivity contribution in [2.75, 3.05) is 0 Å². The first-order chi connectivity index (χ1) is 11.8. The summed E-state index contributed by atoms with van der Waals surface area (Å²) in [6.07, 6.45) is 0. The zero-order chi connectivity index (χ0) is 18.6. The lowest BCUT2D eigenvalue weighted by molar-refractivity contribution is -0.129. The molecule has 0 fully saturated rings. The Morgan fingerprint density at radius 2 is 1.80 bits per heavy atom. The first kappa shape index (κ1) is 18.7. The molecule has 1 unspecified atom stereocenters. The maximum atomic E-state index is 12.4. The normalized spacial score (nSPS) is 12.1. The topological polar surface area (TPSA) is 76.0 Å². The Labute approximate surface area is 148 Å². The lowest BCUT2D eigenvalue weighted by Crippen LogP contribution is -2.48.